The Kier molecular flexibility index (Phi) is 8.60. The minimum absolute atomic E-state index is 0.0560. The first-order valence-electron chi connectivity index (χ1n) is 13.0. The number of methoxy groups -OCH3 is 1. The zero-order valence-electron chi connectivity index (χ0n) is 22.6. The largest absolute Gasteiger partial charge is 0.492 e. The molecule has 1 aromatic carbocycles. The lowest BCUT2D eigenvalue weighted by atomic mass is 9.68. The lowest BCUT2D eigenvalue weighted by Crippen LogP contribution is -2.55. The van der Waals surface area contributed by atoms with Gasteiger partial charge in [0.1, 0.15) is 18.0 Å². The molecular weight excluding hydrogens is 458 g/mol. The van der Waals surface area contributed by atoms with E-state index in [4.69, 9.17) is 23.7 Å². The van der Waals surface area contributed by atoms with Gasteiger partial charge in [-0.1, -0.05) is 29.9 Å². The Labute approximate surface area is 216 Å². The molecule has 1 spiro atoms. The Balaban J connectivity index is 1.35. The van der Waals surface area contributed by atoms with Crippen molar-refractivity contribution in [2.24, 2.45) is 5.92 Å². The maximum Gasteiger partial charge on any atom is 0.174 e. The summed E-state index contributed by atoms with van der Waals surface area (Å²) in [6.45, 7) is 8.63. The topological polar surface area (TPSA) is 76.2 Å². The molecule has 2 aliphatic heterocycles. The van der Waals surface area contributed by atoms with Gasteiger partial charge >= 0.3 is 0 Å². The van der Waals surface area contributed by atoms with E-state index in [2.05, 4.69) is 31.7 Å². The fraction of sp³-hybridized carbons (Fsp3) is 0.655. The van der Waals surface area contributed by atoms with Crippen LogP contribution < -0.4 is 4.74 Å². The Bertz CT molecular complexity index is 920. The summed E-state index contributed by atoms with van der Waals surface area (Å²) < 4.78 is 30.1. The lowest BCUT2D eigenvalue weighted by molar-refractivity contribution is -0.189. The molecule has 1 N–H and O–H groups in total. The smallest absolute Gasteiger partial charge is 0.174 e. The van der Waals surface area contributed by atoms with E-state index in [1.807, 2.05) is 44.4 Å². The van der Waals surface area contributed by atoms with Gasteiger partial charge in [0.05, 0.1) is 36.4 Å². The van der Waals surface area contributed by atoms with Crippen molar-refractivity contribution in [2.75, 3.05) is 41.0 Å². The SMILES string of the molecule is COC1C(OC(O)C=Cc2ccc(OCCN(C)C)cc2)CCC2(CO2)C1C1(C)OC1CC=C(C)C. The van der Waals surface area contributed by atoms with Crippen molar-refractivity contribution in [2.45, 2.75) is 75.8 Å². The molecule has 7 unspecified atom stereocenters. The lowest BCUT2D eigenvalue weighted by Gasteiger charge is -2.43. The van der Waals surface area contributed by atoms with Crippen LogP contribution in [0.3, 0.4) is 0 Å². The standard InChI is InChI=1S/C29H43NO6/c1-20(2)7-13-24-28(3,36-24)27-26(32-6)23(15-16-29(27)19-34-29)35-25(31)14-10-21-8-11-22(12-9-21)33-18-17-30(4)5/h7-12,14,23-27,31H,13,15-19H2,1-6H3. The zero-order chi connectivity index (χ0) is 25.9. The molecular formula is C29H43NO6. The Morgan fingerprint density at radius 1 is 1.25 bits per heavy atom. The fourth-order valence-electron chi connectivity index (χ4n) is 5.53. The van der Waals surface area contributed by atoms with Gasteiger partial charge in [-0.05, 0) is 77.9 Å². The second-order valence-corrected chi connectivity index (χ2v) is 11.0. The summed E-state index contributed by atoms with van der Waals surface area (Å²) >= 11 is 0. The average molecular weight is 502 g/mol. The Morgan fingerprint density at radius 2 is 1.97 bits per heavy atom. The highest BCUT2D eigenvalue weighted by Gasteiger charge is 2.72. The van der Waals surface area contributed by atoms with Crippen LogP contribution in [-0.2, 0) is 18.9 Å². The number of likely N-dealkylation sites (N-methyl/N-ethyl adjacent to an activating group) is 1. The molecule has 0 bridgehead atoms. The molecule has 200 valence electrons. The number of hydrogen-bond acceptors (Lipinski definition) is 7. The second-order valence-electron chi connectivity index (χ2n) is 11.0. The summed E-state index contributed by atoms with van der Waals surface area (Å²) in [7, 11) is 5.76. The van der Waals surface area contributed by atoms with E-state index in [0.29, 0.717) is 6.61 Å². The van der Waals surface area contributed by atoms with Crippen molar-refractivity contribution in [3.05, 3.63) is 47.6 Å². The van der Waals surface area contributed by atoms with Gasteiger partial charge in [-0.3, -0.25) is 0 Å². The molecule has 7 heteroatoms. The highest BCUT2D eigenvalue weighted by atomic mass is 16.6. The first-order valence-corrected chi connectivity index (χ1v) is 13.0. The molecule has 3 aliphatic rings. The maximum atomic E-state index is 10.7. The highest BCUT2D eigenvalue weighted by Crippen LogP contribution is 2.59. The van der Waals surface area contributed by atoms with Gasteiger partial charge in [0.2, 0.25) is 0 Å². The van der Waals surface area contributed by atoms with Crippen LogP contribution in [0.5, 0.6) is 5.75 Å². The van der Waals surface area contributed by atoms with Crippen LogP contribution >= 0.6 is 0 Å². The van der Waals surface area contributed by atoms with E-state index >= 15 is 0 Å². The average Bonchev–Trinajstić information content (AvgIpc) is 3.75. The number of aliphatic hydroxyl groups excluding tert-OH is 1. The number of allylic oxidation sites excluding steroid dienone is 1. The minimum atomic E-state index is -1.03. The third kappa shape index (κ3) is 6.39. The fourth-order valence-corrected chi connectivity index (χ4v) is 5.53. The summed E-state index contributed by atoms with van der Waals surface area (Å²) in [5.41, 5.74) is 1.74. The van der Waals surface area contributed by atoms with E-state index in [0.717, 1.165) is 43.7 Å². The van der Waals surface area contributed by atoms with E-state index in [9.17, 15) is 5.11 Å². The number of rotatable bonds is 12. The highest BCUT2D eigenvalue weighted by molar-refractivity contribution is 5.50. The number of ether oxygens (including phenoxy) is 5. The van der Waals surface area contributed by atoms with Crippen LogP contribution in [0.1, 0.15) is 45.6 Å². The molecule has 2 saturated heterocycles. The Morgan fingerprint density at radius 3 is 2.58 bits per heavy atom. The summed E-state index contributed by atoms with van der Waals surface area (Å²) in [5.74, 6) is 0.887. The number of nitrogens with zero attached hydrogens (tertiary/aromatic N) is 1. The maximum absolute atomic E-state index is 10.7. The van der Waals surface area contributed by atoms with Gasteiger partial charge in [0, 0.05) is 13.7 Å². The van der Waals surface area contributed by atoms with Gasteiger partial charge in [-0.15, -0.1) is 0 Å². The second kappa shape index (κ2) is 11.3. The summed E-state index contributed by atoms with van der Waals surface area (Å²) in [6.07, 6.45) is 6.95. The normalized spacial score (nSPS) is 34.2. The summed E-state index contributed by atoms with van der Waals surface area (Å²) in [5, 5.41) is 10.7. The third-order valence-electron chi connectivity index (χ3n) is 7.69. The van der Waals surface area contributed by atoms with Gasteiger partial charge in [0.25, 0.3) is 0 Å². The Hall–Kier alpha value is -1.74. The van der Waals surface area contributed by atoms with Crippen molar-refractivity contribution < 1.29 is 28.8 Å². The van der Waals surface area contributed by atoms with E-state index in [1.54, 1.807) is 13.2 Å². The van der Waals surface area contributed by atoms with E-state index < -0.39 is 6.29 Å². The predicted octanol–water partition coefficient (Wildman–Crippen LogP) is 4.05. The zero-order valence-corrected chi connectivity index (χ0v) is 22.6. The molecule has 7 atom stereocenters. The number of benzene rings is 1. The van der Waals surface area contributed by atoms with Crippen molar-refractivity contribution in [1.29, 1.82) is 0 Å². The minimum Gasteiger partial charge on any atom is -0.492 e. The van der Waals surface area contributed by atoms with Crippen molar-refractivity contribution >= 4 is 6.08 Å². The van der Waals surface area contributed by atoms with Crippen LogP contribution in [0, 0.1) is 5.92 Å². The van der Waals surface area contributed by atoms with Crippen LogP contribution in [0.25, 0.3) is 6.08 Å². The van der Waals surface area contributed by atoms with Gasteiger partial charge < -0.3 is 33.7 Å². The van der Waals surface area contributed by atoms with E-state index in [1.165, 1.54) is 5.57 Å². The molecule has 0 radical (unpaired) electrons. The molecule has 1 aromatic rings. The van der Waals surface area contributed by atoms with Crippen LogP contribution in [0.4, 0.5) is 0 Å². The van der Waals surface area contributed by atoms with Crippen LogP contribution in [0.2, 0.25) is 0 Å². The molecule has 36 heavy (non-hydrogen) atoms. The van der Waals surface area contributed by atoms with Crippen molar-refractivity contribution in [1.82, 2.24) is 4.90 Å². The molecule has 4 rings (SSSR count). The van der Waals surface area contributed by atoms with Crippen LogP contribution in [-0.4, -0.2) is 86.8 Å². The number of epoxide rings is 2. The molecule has 1 aliphatic carbocycles. The predicted molar refractivity (Wildman–Crippen MR) is 140 cm³/mol. The van der Waals surface area contributed by atoms with Crippen molar-refractivity contribution in [3.63, 3.8) is 0 Å². The molecule has 7 nitrogen and oxygen atoms in total. The third-order valence-corrected chi connectivity index (χ3v) is 7.69. The molecule has 1 saturated carbocycles. The van der Waals surface area contributed by atoms with Gasteiger partial charge in [-0.2, -0.15) is 0 Å². The quantitative estimate of drug-likeness (QED) is 0.263. The first-order chi connectivity index (χ1) is 17.2. The monoisotopic (exact) mass is 501 g/mol. The summed E-state index contributed by atoms with van der Waals surface area (Å²) in [4.78, 5) is 2.08. The number of hydrogen-bond donors (Lipinski definition) is 1. The van der Waals surface area contributed by atoms with E-state index in [-0.39, 0.29) is 35.4 Å². The van der Waals surface area contributed by atoms with Crippen molar-refractivity contribution in [3.8, 4) is 5.75 Å². The molecule has 2 heterocycles. The molecule has 0 aromatic heterocycles. The van der Waals surface area contributed by atoms with Gasteiger partial charge in [0.15, 0.2) is 6.29 Å². The van der Waals surface area contributed by atoms with Crippen LogP contribution in [0.15, 0.2) is 42.0 Å². The summed E-state index contributed by atoms with van der Waals surface area (Å²) in [6, 6.07) is 7.81. The molecule has 0 amide bonds. The number of aliphatic hydroxyl groups is 1. The van der Waals surface area contributed by atoms with Gasteiger partial charge in [-0.25, -0.2) is 0 Å². The molecule has 3 fully saturated rings. The first kappa shape index (κ1) is 27.3.